The molecule has 0 aliphatic rings. The molecule has 0 amide bonds. The van der Waals surface area contributed by atoms with E-state index < -0.39 is 0 Å². The van der Waals surface area contributed by atoms with Crippen molar-refractivity contribution in [1.29, 1.82) is 0 Å². The van der Waals surface area contributed by atoms with Crippen molar-refractivity contribution in [3.05, 3.63) is 35.9 Å². The molecule has 0 spiro atoms. The summed E-state index contributed by atoms with van der Waals surface area (Å²) in [7, 11) is 2.08. The molecule has 0 heterocycles. The van der Waals surface area contributed by atoms with Gasteiger partial charge in [0, 0.05) is 26.7 Å². The molecule has 1 aromatic rings. The molecule has 0 radical (unpaired) electrons. The summed E-state index contributed by atoms with van der Waals surface area (Å²) in [6, 6.07) is 10.5. The van der Waals surface area contributed by atoms with E-state index in [0.717, 1.165) is 32.0 Å². The number of guanidine groups is 1. The van der Waals surface area contributed by atoms with Gasteiger partial charge in [0.15, 0.2) is 5.96 Å². The lowest BCUT2D eigenvalue weighted by Crippen LogP contribution is -2.38. The highest BCUT2D eigenvalue weighted by Crippen LogP contribution is 2.03. The third-order valence-corrected chi connectivity index (χ3v) is 2.73. The summed E-state index contributed by atoms with van der Waals surface area (Å²) in [5.41, 5.74) is 1.31. The molecule has 108 valence electrons. The number of hydrogen-bond donors (Lipinski definition) is 1. The van der Waals surface area contributed by atoms with Crippen LogP contribution < -0.4 is 5.32 Å². The Labute approximate surface area is 134 Å². The van der Waals surface area contributed by atoms with E-state index in [1.807, 2.05) is 6.07 Å². The molecule has 1 aromatic carbocycles. The normalized spacial score (nSPS) is 10.8. The number of rotatable bonds is 6. The van der Waals surface area contributed by atoms with E-state index in [2.05, 4.69) is 60.4 Å². The van der Waals surface area contributed by atoms with Crippen molar-refractivity contribution in [2.24, 2.45) is 4.99 Å². The van der Waals surface area contributed by atoms with E-state index in [1.54, 1.807) is 0 Å². The summed E-state index contributed by atoms with van der Waals surface area (Å²) in [6.07, 6.45) is 2.33. The zero-order chi connectivity index (χ0) is 13.2. The van der Waals surface area contributed by atoms with Crippen LogP contribution in [0.15, 0.2) is 35.3 Å². The van der Waals surface area contributed by atoms with Crippen molar-refractivity contribution < 1.29 is 0 Å². The number of halogens is 1. The third kappa shape index (κ3) is 7.40. The molecular weight excluding hydrogens is 349 g/mol. The average Bonchev–Trinajstić information content (AvgIpc) is 2.39. The van der Waals surface area contributed by atoms with Crippen LogP contribution in [0.2, 0.25) is 0 Å². The number of nitrogens with one attached hydrogen (secondary N) is 1. The molecule has 0 aromatic heterocycles. The molecule has 1 rings (SSSR count). The number of nitrogens with zero attached hydrogens (tertiary/aromatic N) is 2. The lowest BCUT2D eigenvalue weighted by atomic mass is 10.2. The minimum Gasteiger partial charge on any atom is -0.357 e. The topological polar surface area (TPSA) is 27.6 Å². The smallest absolute Gasteiger partial charge is 0.193 e. The highest BCUT2D eigenvalue weighted by molar-refractivity contribution is 14.0. The zero-order valence-electron chi connectivity index (χ0n) is 12.2. The fourth-order valence-corrected chi connectivity index (χ4v) is 1.74. The Morgan fingerprint density at radius 2 is 1.89 bits per heavy atom. The van der Waals surface area contributed by atoms with Gasteiger partial charge in [-0.25, -0.2) is 0 Å². The largest absolute Gasteiger partial charge is 0.357 e. The minimum atomic E-state index is 0. The Kier molecular flexibility index (Phi) is 10.6. The van der Waals surface area contributed by atoms with E-state index in [9.17, 15) is 0 Å². The molecule has 1 N–H and O–H groups in total. The van der Waals surface area contributed by atoms with Crippen LogP contribution in [-0.2, 0) is 6.54 Å². The maximum atomic E-state index is 4.63. The van der Waals surface area contributed by atoms with Crippen molar-refractivity contribution in [2.75, 3.05) is 20.1 Å². The molecule has 0 atom stereocenters. The Balaban J connectivity index is 0.00000324. The predicted octanol–water partition coefficient (Wildman–Crippen LogP) is 3.50. The van der Waals surface area contributed by atoms with E-state index in [4.69, 9.17) is 0 Å². The number of hydrogen-bond acceptors (Lipinski definition) is 1. The van der Waals surface area contributed by atoms with Crippen molar-refractivity contribution in [3.63, 3.8) is 0 Å². The zero-order valence-corrected chi connectivity index (χ0v) is 14.6. The summed E-state index contributed by atoms with van der Waals surface area (Å²) < 4.78 is 0. The summed E-state index contributed by atoms with van der Waals surface area (Å²) in [6.45, 7) is 6.99. The molecule has 4 heteroatoms. The molecule has 0 bridgehead atoms. The van der Waals surface area contributed by atoms with Gasteiger partial charge in [0.2, 0.25) is 0 Å². The summed E-state index contributed by atoms with van der Waals surface area (Å²) in [5, 5.41) is 3.34. The van der Waals surface area contributed by atoms with Gasteiger partial charge in [0.1, 0.15) is 0 Å². The average molecular weight is 375 g/mol. The second kappa shape index (κ2) is 11.1. The van der Waals surface area contributed by atoms with Gasteiger partial charge in [-0.1, -0.05) is 43.7 Å². The van der Waals surface area contributed by atoms with E-state index >= 15 is 0 Å². The first-order valence-corrected chi connectivity index (χ1v) is 6.81. The first-order valence-electron chi connectivity index (χ1n) is 6.81. The van der Waals surface area contributed by atoms with Crippen LogP contribution in [0.4, 0.5) is 0 Å². The van der Waals surface area contributed by atoms with E-state index in [-0.39, 0.29) is 24.0 Å². The van der Waals surface area contributed by atoms with Crippen molar-refractivity contribution in [1.82, 2.24) is 10.2 Å². The van der Waals surface area contributed by atoms with Crippen LogP contribution in [-0.4, -0.2) is 31.0 Å². The fraction of sp³-hybridized carbons (Fsp3) is 0.533. The van der Waals surface area contributed by atoms with E-state index in [1.165, 1.54) is 12.0 Å². The lowest BCUT2D eigenvalue weighted by molar-refractivity contribution is 0.476. The summed E-state index contributed by atoms with van der Waals surface area (Å²) >= 11 is 0. The van der Waals surface area contributed by atoms with Gasteiger partial charge >= 0.3 is 0 Å². The standard InChI is InChI=1S/C15H25N3.HI/c1-4-6-12-17-15(16-5-2)18(3)13-14-10-8-7-9-11-14;/h7-11H,4-6,12-13H2,1-3H3,(H,16,17);1H. The van der Waals surface area contributed by atoms with Gasteiger partial charge < -0.3 is 10.2 Å². The first kappa shape index (κ1) is 18.2. The third-order valence-electron chi connectivity index (χ3n) is 2.73. The SMILES string of the molecule is CCCCN=C(NCC)N(C)Cc1ccccc1.I. The quantitative estimate of drug-likeness (QED) is 0.357. The number of aliphatic imine (C=N–C) groups is 1. The van der Waals surface area contributed by atoms with Gasteiger partial charge in [-0.15, -0.1) is 24.0 Å². The summed E-state index contributed by atoms with van der Waals surface area (Å²) in [4.78, 5) is 6.81. The molecule has 0 saturated heterocycles. The molecule has 3 nitrogen and oxygen atoms in total. The van der Waals surface area contributed by atoms with Crippen LogP contribution in [0.1, 0.15) is 32.3 Å². The molecule has 19 heavy (non-hydrogen) atoms. The van der Waals surface area contributed by atoms with Crippen LogP contribution in [0, 0.1) is 0 Å². The highest BCUT2D eigenvalue weighted by Gasteiger charge is 2.05. The van der Waals surface area contributed by atoms with Crippen LogP contribution in [0.5, 0.6) is 0 Å². The maximum absolute atomic E-state index is 4.63. The first-order chi connectivity index (χ1) is 8.77. The molecule has 0 unspecified atom stereocenters. The molecule has 0 aliphatic carbocycles. The van der Waals surface area contributed by atoms with Crippen LogP contribution in [0.3, 0.4) is 0 Å². The Hall–Kier alpha value is -0.780. The minimum absolute atomic E-state index is 0. The highest BCUT2D eigenvalue weighted by atomic mass is 127. The molecular formula is C15H26IN3. The molecule has 0 fully saturated rings. The lowest BCUT2D eigenvalue weighted by Gasteiger charge is -2.22. The monoisotopic (exact) mass is 375 g/mol. The van der Waals surface area contributed by atoms with Gasteiger partial charge in [-0.05, 0) is 18.9 Å². The molecule has 0 saturated carbocycles. The number of unbranched alkanes of at least 4 members (excludes halogenated alkanes) is 1. The van der Waals surface area contributed by atoms with Gasteiger partial charge in [0.25, 0.3) is 0 Å². The Bertz CT molecular complexity index is 352. The van der Waals surface area contributed by atoms with Gasteiger partial charge in [-0.2, -0.15) is 0 Å². The summed E-state index contributed by atoms with van der Waals surface area (Å²) in [5.74, 6) is 0.995. The van der Waals surface area contributed by atoms with E-state index in [0.29, 0.717) is 0 Å². The van der Waals surface area contributed by atoms with Crippen molar-refractivity contribution in [3.8, 4) is 0 Å². The van der Waals surface area contributed by atoms with Crippen LogP contribution in [0.25, 0.3) is 0 Å². The Morgan fingerprint density at radius 3 is 2.47 bits per heavy atom. The van der Waals surface area contributed by atoms with Crippen molar-refractivity contribution >= 4 is 29.9 Å². The Morgan fingerprint density at radius 1 is 1.21 bits per heavy atom. The number of benzene rings is 1. The predicted molar refractivity (Wildman–Crippen MR) is 94.2 cm³/mol. The maximum Gasteiger partial charge on any atom is 0.193 e. The van der Waals surface area contributed by atoms with Gasteiger partial charge in [-0.3, -0.25) is 4.99 Å². The fourth-order valence-electron chi connectivity index (χ4n) is 1.74. The second-order valence-corrected chi connectivity index (χ2v) is 4.43. The second-order valence-electron chi connectivity index (χ2n) is 4.43. The van der Waals surface area contributed by atoms with Gasteiger partial charge in [0.05, 0.1) is 0 Å². The van der Waals surface area contributed by atoms with Crippen LogP contribution >= 0.6 is 24.0 Å². The molecule has 0 aliphatic heterocycles. The van der Waals surface area contributed by atoms with Crippen molar-refractivity contribution in [2.45, 2.75) is 33.2 Å².